The molecule has 136 valence electrons. The summed E-state index contributed by atoms with van der Waals surface area (Å²) in [7, 11) is 1.94. The summed E-state index contributed by atoms with van der Waals surface area (Å²) in [5, 5.41) is 4.44. The highest BCUT2D eigenvalue weighted by atomic mass is 16.5. The summed E-state index contributed by atoms with van der Waals surface area (Å²) >= 11 is 0. The first-order valence-corrected chi connectivity index (χ1v) is 9.03. The van der Waals surface area contributed by atoms with Crippen molar-refractivity contribution >= 4 is 0 Å². The molecule has 0 aliphatic carbocycles. The SMILES string of the molecule is Cc1nn(C)cc1-c1cncn1Cc1cccc(OC[C@H]2CCCO2)c1. The first-order chi connectivity index (χ1) is 12.7. The number of benzene rings is 1. The molecule has 26 heavy (non-hydrogen) atoms. The van der Waals surface area contributed by atoms with Crippen molar-refractivity contribution in [1.82, 2.24) is 19.3 Å². The van der Waals surface area contributed by atoms with Gasteiger partial charge in [0.15, 0.2) is 0 Å². The van der Waals surface area contributed by atoms with Crippen molar-refractivity contribution in [2.45, 2.75) is 32.4 Å². The Balaban J connectivity index is 1.49. The van der Waals surface area contributed by atoms with E-state index in [0.29, 0.717) is 6.61 Å². The lowest BCUT2D eigenvalue weighted by molar-refractivity contribution is 0.0679. The lowest BCUT2D eigenvalue weighted by Gasteiger charge is -2.13. The van der Waals surface area contributed by atoms with Gasteiger partial charge in [0.2, 0.25) is 0 Å². The van der Waals surface area contributed by atoms with E-state index in [1.807, 2.05) is 49.5 Å². The maximum atomic E-state index is 5.92. The predicted octanol–water partition coefficient (Wildman–Crippen LogP) is 3.20. The number of ether oxygens (including phenoxy) is 2. The second-order valence-corrected chi connectivity index (χ2v) is 6.80. The molecule has 2 aromatic heterocycles. The lowest BCUT2D eigenvalue weighted by atomic mass is 10.1. The fourth-order valence-corrected chi connectivity index (χ4v) is 3.42. The summed E-state index contributed by atoms with van der Waals surface area (Å²) in [5.74, 6) is 0.886. The van der Waals surface area contributed by atoms with Gasteiger partial charge in [0.25, 0.3) is 0 Å². The van der Waals surface area contributed by atoms with Crippen LogP contribution in [-0.2, 0) is 18.3 Å². The van der Waals surface area contributed by atoms with Gasteiger partial charge >= 0.3 is 0 Å². The molecule has 6 heteroatoms. The lowest BCUT2D eigenvalue weighted by Crippen LogP contribution is -2.16. The smallest absolute Gasteiger partial charge is 0.119 e. The van der Waals surface area contributed by atoms with Gasteiger partial charge in [-0.1, -0.05) is 12.1 Å². The van der Waals surface area contributed by atoms with Crippen LogP contribution in [0.2, 0.25) is 0 Å². The summed E-state index contributed by atoms with van der Waals surface area (Å²) in [6.45, 7) is 4.23. The van der Waals surface area contributed by atoms with E-state index >= 15 is 0 Å². The molecule has 1 saturated heterocycles. The van der Waals surface area contributed by atoms with E-state index in [1.165, 1.54) is 5.56 Å². The molecular weight excluding hydrogens is 328 g/mol. The van der Waals surface area contributed by atoms with Crippen LogP contribution in [0, 0.1) is 6.92 Å². The third kappa shape index (κ3) is 3.65. The van der Waals surface area contributed by atoms with Gasteiger partial charge in [-0.2, -0.15) is 5.10 Å². The van der Waals surface area contributed by atoms with E-state index in [0.717, 1.165) is 48.7 Å². The van der Waals surface area contributed by atoms with Crippen LogP contribution in [-0.4, -0.2) is 38.6 Å². The standard InChI is InChI=1S/C20H24N4O2/c1-15-19(12-23(2)22-15)20-10-21-14-24(20)11-16-5-3-6-17(9-16)26-13-18-7-4-8-25-18/h3,5-6,9-10,12,14,18H,4,7-8,11,13H2,1-2H3/t18-/m1/s1. The Kier molecular flexibility index (Phi) is 4.75. The van der Waals surface area contributed by atoms with Crippen molar-refractivity contribution in [1.29, 1.82) is 0 Å². The molecule has 1 aliphatic rings. The highest BCUT2D eigenvalue weighted by molar-refractivity contribution is 5.60. The van der Waals surface area contributed by atoms with Crippen molar-refractivity contribution in [3.8, 4) is 17.0 Å². The Morgan fingerprint density at radius 3 is 3.04 bits per heavy atom. The van der Waals surface area contributed by atoms with Crippen LogP contribution < -0.4 is 4.74 Å². The van der Waals surface area contributed by atoms with Crippen LogP contribution in [0.15, 0.2) is 43.0 Å². The average molecular weight is 352 g/mol. The Bertz CT molecular complexity index is 878. The fourth-order valence-electron chi connectivity index (χ4n) is 3.42. The largest absolute Gasteiger partial charge is 0.491 e. The van der Waals surface area contributed by atoms with Gasteiger partial charge in [-0.15, -0.1) is 0 Å². The van der Waals surface area contributed by atoms with Gasteiger partial charge < -0.3 is 14.0 Å². The van der Waals surface area contributed by atoms with E-state index in [1.54, 1.807) is 0 Å². The van der Waals surface area contributed by atoms with Gasteiger partial charge in [0, 0.05) is 32.0 Å². The van der Waals surface area contributed by atoms with Gasteiger partial charge in [0.05, 0.1) is 30.0 Å². The van der Waals surface area contributed by atoms with Gasteiger partial charge in [0.1, 0.15) is 12.4 Å². The number of hydrogen-bond acceptors (Lipinski definition) is 4. The molecule has 0 radical (unpaired) electrons. The molecule has 0 N–H and O–H groups in total. The minimum Gasteiger partial charge on any atom is -0.491 e. The van der Waals surface area contributed by atoms with Gasteiger partial charge in [-0.25, -0.2) is 4.98 Å². The van der Waals surface area contributed by atoms with Crippen molar-refractivity contribution in [2.75, 3.05) is 13.2 Å². The van der Waals surface area contributed by atoms with Gasteiger partial charge in [-0.3, -0.25) is 4.68 Å². The number of rotatable bonds is 6. The zero-order valence-electron chi connectivity index (χ0n) is 15.3. The number of imidazole rings is 1. The summed E-state index contributed by atoms with van der Waals surface area (Å²) in [4.78, 5) is 4.33. The van der Waals surface area contributed by atoms with Crippen molar-refractivity contribution < 1.29 is 9.47 Å². The highest BCUT2D eigenvalue weighted by Gasteiger charge is 2.16. The monoisotopic (exact) mass is 352 g/mol. The summed E-state index contributed by atoms with van der Waals surface area (Å²) in [6, 6.07) is 8.23. The molecule has 1 aromatic carbocycles. The molecule has 1 aliphatic heterocycles. The molecule has 6 nitrogen and oxygen atoms in total. The first kappa shape index (κ1) is 16.8. The second kappa shape index (κ2) is 7.33. The highest BCUT2D eigenvalue weighted by Crippen LogP contribution is 2.24. The fraction of sp³-hybridized carbons (Fsp3) is 0.400. The molecule has 0 bridgehead atoms. The minimum atomic E-state index is 0.229. The molecule has 4 rings (SSSR count). The van der Waals surface area contributed by atoms with Crippen LogP contribution in [0.3, 0.4) is 0 Å². The average Bonchev–Trinajstić information content (AvgIpc) is 3.35. The predicted molar refractivity (Wildman–Crippen MR) is 99.2 cm³/mol. The quantitative estimate of drug-likeness (QED) is 0.684. The number of nitrogens with zero attached hydrogens (tertiary/aromatic N) is 4. The van der Waals surface area contributed by atoms with Crippen LogP contribution in [0.5, 0.6) is 5.75 Å². The van der Waals surface area contributed by atoms with Crippen LogP contribution in [0.1, 0.15) is 24.1 Å². The Hall–Kier alpha value is -2.60. The maximum Gasteiger partial charge on any atom is 0.119 e. The second-order valence-electron chi connectivity index (χ2n) is 6.80. The number of aryl methyl sites for hydroxylation is 2. The van der Waals surface area contributed by atoms with E-state index in [4.69, 9.17) is 9.47 Å². The summed E-state index contributed by atoms with van der Waals surface area (Å²) in [5.41, 5.74) is 4.36. The number of hydrogen-bond donors (Lipinski definition) is 0. The summed E-state index contributed by atoms with van der Waals surface area (Å²) in [6.07, 6.45) is 8.23. The van der Waals surface area contributed by atoms with E-state index in [9.17, 15) is 0 Å². The Morgan fingerprint density at radius 2 is 2.27 bits per heavy atom. The molecule has 1 atom stereocenters. The molecule has 0 unspecified atom stereocenters. The molecule has 0 saturated carbocycles. The van der Waals surface area contributed by atoms with E-state index in [-0.39, 0.29) is 6.10 Å². The molecule has 1 fully saturated rings. The molecule has 0 amide bonds. The van der Waals surface area contributed by atoms with E-state index < -0.39 is 0 Å². The first-order valence-electron chi connectivity index (χ1n) is 9.03. The van der Waals surface area contributed by atoms with Crippen LogP contribution in [0.4, 0.5) is 0 Å². The topological polar surface area (TPSA) is 54.1 Å². The van der Waals surface area contributed by atoms with Crippen molar-refractivity contribution in [2.24, 2.45) is 7.05 Å². The molecule has 3 aromatic rings. The third-order valence-corrected chi connectivity index (χ3v) is 4.71. The molecular formula is C20H24N4O2. The van der Waals surface area contributed by atoms with Crippen LogP contribution >= 0.6 is 0 Å². The van der Waals surface area contributed by atoms with E-state index in [2.05, 4.69) is 26.8 Å². The van der Waals surface area contributed by atoms with Crippen LogP contribution in [0.25, 0.3) is 11.3 Å². The third-order valence-electron chi connectivity index (χ3n) is 4.71. The normalized spacial score (nSPS) is 16.9. The molecule has 3 heterocycles. The minimum absolute atomic E-state index is 0.229. The zero-order valence-corrected chi connectivity index (χ0v) is 15.3. The Morgan fingerprint density at radius 1 is 1.35 bits per heavy atom. The number of aromatic nitrogens is 4. The van der Waals surface area contributed by atoms with Gasteiger partial charge in [-0.05, 0) is 37.5 Å². The van der Waals surface area contributed by atoms with Crippen molar-refractivity contribution in [3.05, 3.63) is 54.2 Å². The zero-order chi connectivity index (χ0) is 17.9. The maximum absolute atomic E-state index is 5.92. The Labute approximate surface area is 153 Å². The summed E-state index contributed by atoms with van der Waals surface area (Å²) < 4.78 is 15.5. The van der Waals surface area contributed by atoms with Crippen molar-refractivity contribution in [3.63, 3.8) is 0 Å². The molecule has 0 spiro atoms.